The third kappa shape index (κ3) is 6.30. The Morgan fingerprint density at radius 1 is 0.837 bits per heavy atom. The van der Waals surface area contributed by atoms with Crippen molar-refractivity contribution in [3.63, 3.8) is 0 Å². The highest BCUT2D eigenvalue weighted by Crippen LogP contribution is 2.33. The lowest BCUT2D eigenvalue weighted by atomic mass is 10.1. The molecule has 43 heavy (non-hydrogen) atoms. The average molecular weight is 582 g/mol. The summed E-state index contributed by atoms with van der Waals surface area (Å²) >= 11 is 0. The minimum Gasteiger partial charge on any atom is -0.492 e. The molecule has 0 fully saturated rings. The Bertz CT molecular complexity index is 1880. The quantitative estimate of drug-likeness (QED) is 0.225. The van der Waals surface area contributed by atoms with E-state index in [9.17, 15) is 4.39 Å². The van der Waals surface area contributed by atoms with Crippen LogP contribution in [0.2, 0.25) is 0 Å². The van der Waals surface area contributed by atoms with Crippen LogP contribution in [0.25, 0.3) is 56.0 Å². The zero-order valence-electron chi connectivity index (χ0n) is 24.4. The summed E-state index contributed by atoms with van der Waals surface area (Å²) in [6.45, 7) is 2.52. The van der Waals surface area contributed by atoms with Crippen LogP contribution in [0.3, 0.4) is 0 Å². The van der Waals surface area contributed by atoms with Gasteiger partial charge in [-0.15, -0.1) is 0 Å². The number of ether oxygens (including phenoxy) is 2. The monoisotopic (exact) mass is 581 g/mol. The van der Waals surface area contributed by atoms with Crippen LogP contribution in [-0.2, 0) is 0 Å². The van der Waals surface area contributed by atoms with Crippen molar-refractivity contribution >= 4 is 22.1 Å². The molecule has 2 N–H and O–H groups in total. The predicted molar refractivity (Wildman–Crippen MR) is 163 cm³/mol. The van der Waals surface area contributed by atoms with E-state index in [0.717, 1.165) is 40.8 Å². The maximum atomic E-state index is 14.6. The van der Waals surface area contributed by atoms with Crippen LogP contribution >= 0.6 is 0 Å². The van der Waals surface area contributed by atoms with E-state index in [-0.39, 0.29) is 0 Å². The highest BCUT2D eigenvalue weighted by Gasteiger charge is 2.18. The SMILES string of the molecule is CN(C)CCOc1cncc(-c2cc3c(-c4nc5c(-c6cc(F)cc(OCCN(C)C)c6)ccnc5[nH]4)n[nH]c3cn2)c1. The van der Waals surface area contributed by atoms with Gasteiger partial charge in [0, 0.05) is 48.1 Å². The van der Waals surface area contributed by atoms with Gasteiger partial charge >= 0.3 is 0 Å². The molecule has 0 saturated heterocycles. The molecule has 0 atom stereocenters. The molecule has 6 aromatic rings. The van der Waals surface area contributed by atoms with Crippen LogP contribution in [0, 0.1) is 5.82 Å². The molecular weight excluding hydrogens is 549 g/mol. The van der Waals surface area contributed by atoms with E-state index in [0.29, 0.717) is 53.0 Å². The summed E-state index contributed by atoms with van der Waals surface area (Å²) in [5, 5.41) is 8.40. The molecule has 220 valence electrons. The standard InChI is InChI=1S/C31H32FN9O2/c1-40(2)7-9-42-22-12-19(11-21(32)14-22)24-5-6-34-30-28(24)36-31(37-30)29-25-15-26(35-18-27(25)38-39-29)20-13-23(17-33-16-20)43-10-8-41(3)4/h5-6,11-18H,7-10H2,1-4H3,(H,38,39)(H,34,36,37). The molecule has 0 bridgehead atoms. The molecule has 0 saturated carbocycles. The fraction of sp³-hybridized carbons (Fsp3) is 0.258. The third-order valence-electron chi connectivity index (χ3n) is 6.86. The molecule has 1 aromatic carbocycles. The summed E-state index contributed by atoms with van der Waals surface area (Å²) in [6, 6.07) is 10.4. The molecule has 0 radical (unpaired) electrons. The Kier molecular flexibility index (Phi) is 7.95. The summed E-state index contributed by atoms with van der Waals surface area (Å²) in [7, 11) is 7.92. The van der Waals surface area contributed by atoms with Gasteiger partial charge in [0.1, 0.15) is 41.7 Å². The summed E-state index contributed by atoms with van der Waals surface area (Å²) in [6.07, 6.45) is 6.85. The highest BCUT2D eigenvalue weighted by molar-refractivity contribution is 5.96. The number of aromatic nitrogens is 7. The number of hydrogen-bond acceptors (Lipinski definition) is 9. The van der Waals surface area contributed by atoms with Crippen LogP contribution < -0.4 is 9.47 Å². The summed E-state index contributed by atoms with van der Waals surface area (Å²) < 4.78 is 26.3. The van der Waals surface area contributed by atoms with Crippen molar-refractivity contribution in [2.24, 2.45) is 0 Å². The van der Waals surface area contributed by atoms with Crippen molar-refractivity contribution in [1.82, 2.24) is 44.9 Å². The number of nitrogens with one attached hydrogen (secondary N) is 2. The maximum Gasteiger partial charge on any atom is 0.160 e. The molecule has 11 nitrogen and oxygen atoms in total. The van der Waals surface area contributed by atoms with E-state index in [1.54, 1.807) is 24.8 Å². The summed E-state index contributed by atoms with van der Waals surface area (Å²) in [5.74, 6) is 1.26. The number of likely N-dealkylation sites (N-methyl/N-ethyl adjacent to an activating group) is 2. The summed E-state index contributed by atoms with van der Waals surface area (Å²) in [5.41, 5.74) is 5.43. The number of aromatic amines is 2. The fourth-order valence-corrected chi connectivity index (χ4v) is 4.64. The van der Waals surface area contributed by atoms with Crippen LogP contribution in [0.5, 0.6) is 11.5 Å². The Labute approximate surface area is 247 Å². The number of benzene rings is 1. The Balaban J connectivity index is 1.33. The minimum absolute atomic E-state index is 0.391. The van der Waals surface area contributed by atoms with Gasteiger partial charge in [0.05, 0.1) is 23.6 Å². The molecule has 6 rings (SSSR count). The first kappa shape index (κ1) is 28.2. The van der Waals surface area contributed by atoms with Crippen molar-refractivity contribution < 1.29 is 13.9 Å². The van der Waals surface area contributed by atoms with E-state index in [2.05, 4.69) is 35.0 Å². The van der Waals surface area contributed by atoms with Gasteiger partial charge in [0.25, 0.3) is 0 Å². The Morgan fingerprint density at radius 2 is 1.60 bits per heavy atom. The van der Waals surface area contributed by atoms with E-state index < -0.39 is 5.82 Å². The molecule has 0 spiro atoms. The largest absolute Gasteiger partial charge is 0.492 e. The van der Waals surface area contributed by atoms with Gasteiger partial charge in [0.2, 0.25) is 0 Å². The summed E-state index contributed by atoms with van der Waals surface area (Å²) in [4.78, 5) is 25.6. The molecule has 12 heteroatoms. The number of halogens is 1. The van der Waals surface area contributed by atoms with Crippen LogP contribution in [0.4, 0.5) is 4.39 Å². The molecule has 0 amide bonds. The van der Waals surface area contributed by atoms with E-state index in [1.807, 2.05) is 57.4 Å². The van der Waals surface area contributed by atoms with E-state index in [1.165, 1.54) is 12.1 Å². The van der Waals surface area contributed by atoms with Crippen molar-refractivity contribution in [2.45, 2.75) is 0 Å². The van der Waals surface area contributed by atoms with E-state index >= 15 is 0 Å². The van der Waals surface area contributed by atoms with Crippen molar-refractivity contribution in [3.8, 4) is 45.4 Å². The normalized spacial score (nSPS) is 11.7. The van der Waals surface area contributed by atoms with Crippen molar-refractivity contribution in [3.05, 3.63) is 67.0 Å². The van der Waals surface area contributed by atoms with Gasteiger partial charge in [-0.05, 0) is 64.1 Å². The number of imidazole rings is 1. The Morgan fingerprint density at radius 3 is 2.40 bits per heavy atom. The van der Waals surface area contributed by atoms with Gasteiger partial charge in [-0.3, -0.25) is 15.1 Å². The van der Waals surface area contributed by atoms with Gasteiger partial charge in [0.15, 0.2) is 11.5 Å². The smallest absolute Gasteiger partial charge is 0.160 e. The van der Waals surface area contributed by atoms with Crippen LogP contribution in [-0.4, -0.2) is 99.4 Å². The van der Waals surface area contributed by atoms with Crippen LogP contribution in [0.15, 0.2) is 61.2 Å². The molecule has 5 heterocycles. The molecule has 5 aromatic heterocycles. The van der Waals surface area contributed by atoms with Gasteiger partial charge < -0.3 is 24.3 Å². The fourth-order valence-electron chi connectivity index (χ4n) is 4.64. The zero-order valence-corrected chi connectivity index (χ0v) is 24.4. The second-order valence-electron chi connectivity index (χ2n) is 10.7. The second-order valence-corrected chi connectivity index (χ2v) is 10.7. The van der Waals surface area contributed by atoms with Gasteiger partial charge in [-0.2, -0.15) is 5.10 Å². The molecule has 0 unspecified atom stereocenters. The maximum absolute atomic E-state index is 14.6. The Hall–Kier alpha value is -4.94. The number of rotatable bonds is 11. The lowest BCUT2D eigenvalue weighted by Gasteiger charge is -2.12. The van der Waals surface area contributed by atoms with Crippen molar-refractivity contribution in [1.29, 1.82) is 0 Å². The lowest BCUT2D eigenvalue weighted by Crippen LogP contribution is -2.19. The average Bonchev–Trinajstić information content (AvgIpc) is 3.60. The zero-order chi connectivity index (χ0) is 29.9. The minimum atomic E-state index is -0.391. The number of nitrogens with zero attached hydrogens (tertiary/aromatic N) is 7. The molecular formula is C31H32FN9O2. The number of H-pyrrole nitrogens is 2. The second kappa shape index (κ2) is 12.1. The van der Waals surface area contributed by atoms with E-state index in [4.69, 9.17) is 14.5 Å². The van der Waals surface area contributed by atoms with Crippen molar-refractivity contribution in [2.75, 3.05) is 54.5 Å². The molecule has 0 aliphatic carbocycles. The third-order valence-corrected chi connectivity index (χ3v) is 6.86. The predicted octanol–water partition coefficient (Wildman–Crippen LogP) is 4.65. The number of hydrogen-bond donors (Lipinski definition) is 2. The first-order chi connectivity index (χ1) is 20.8. The topological polar surface area (TPSA) is 121 Å². The van der Waals surface area contributed by atoms with Crippen LogP contribution in [0.1, 0.15) is 0 Å². The highest BCUT2D eigenvalue weighted by atomic mass is 19.1. The first-order valence-corrected chi connectivity index (χ1v) is 13.8. The molecule has 0 aliphatic heterocycles. The lowest BCUT2D eigenvalue weighted by molar-refractivity contribution is 0.260. The number of fused-ring (bicyclic) bond motifs is 2. The first-order valence-electron chi connectivity index (χ1n) is 13.8. The molecule has 0 aliphatic rings. The van der Waals surface area contributed by atoms with Gasteiger partial charge in [-0.1, -0.05) is 0 Å². The van der Waals surface area contributed by atoms with Gasteiger partial charge in [-0.25, -0.2) is 14.4 Å². The number of pyridine rings is 3.